The number of nitrogens with zero attached hydrogens (tertiary/aromatic N) is 1. The third kappa shape index (κ3) is 2.95. The van der Waals surface area contributed by atoms with Crippen LogP contribution in [-0.4, -0.2) is 23.7 Å². The average molecular weight is 327 g/mol. The molecule has 0 spiro atoms. The molecule has 0 bridgehead atoms. The van der Waals surface area contributed by atoms with Gasteiger partial charge in [0, 0.05) is 7.05 Å². The highest BCUT2D eigenvalue weighted by Crippen LogP contribution is 2.45. The van der Waals surface area contributed by atoms with Gasteiger partial charge in [0.25, 0.3) is 5.91 Å². The molecular weight excluding hydrogens is 306 g/mol. The molecule has 1 amide bonds. The van der Waals surface area contributed by atoms with Crippen LogP contribution in [0.3, 0.4) is 0 Å². The SMILES string of the molecule is CN1C(=O)C(C)(C)Oc2c(OCc3ccccc3)cc(CO)cc21. The molecule has 0 atom stereocenters. The lowest BCUT2D eigenvalue weighted by Crippen LogP contribution is -2.51. The molecule has 0 saturated carbocycles. The molecule has 5 heteroatoms. The Bertz CT molecular complexity index is 755. The second-order valence-electron chi connectivity index (χ2n) is 6.35. The molecule has 126 valence electrons. The first kappa shape index (κ1) is 16.3. The molecule has 1 N–H and O–H groups in total. The summed E-state index contributed by atoms with van der Waals surface area (Å²) in [5.74, 6) is 0.905. The van der Waals surface area contributed by atoms with Crippen LogP contribution >= 0.6 is 0 Å². The van der Waals surface area contributed by atoms with Gasteiger partial charge in [-0.25, -0.2) is 0 Å². The van der Waals surface area contributed by atoms with Crippen LogP contribution in [0.15, 0.2) is 42.5 Å². The molecular formula is C19H21NO4. The van der Waals surface area contributed by atoms with Crippen molar-refractivity contribution in [3.8, 4) is 11.5 Å². The number of rotatable bonds is 4. The Morgan fingerprint density at radius 1 is 1.17 bits per heavy atom. The van der Waals surface area contributed by atoms with Crippen LogP contribution in [0.1, 0.15) is 25.0 Å². The quantitative estimate of drug-likeness (QED) is 0.938. The summed E-state index contributed by atoms with van der Waals surface area (Å²) in [5, 5.41) is 9.50. The maximum Gasteiger partial charge on any atom is 0.270 e. The molecule has 0 aromatic heterocycles. The van der Waals surface area contributed by atoms with Gasteiger partial charge in [0.15, 0.2) is 17.1 Å². The van der Waals surface area contributed by atoms with Crippen LogP contribution in [0, 0.1) is 0 Å². The topological polar surface area (TPSA) is 59.0 Å². The third-order valence-corrected chi connectivity index (χ3v) is 4.05. The van der Waals surface area contributed by atoms with Gasteiger partial charge in [-0.2, -0.15) is 0 Å². The first-order valence-electron chi connectivity index (χ1n) is 7.84. The Morgan fingerprint density at radius 2 is 1.88 bits per heavy atom. The molecule has 0 unspecified atom stereocenters. The fourth-order valence-corrected chi connectivity index (χ4v) is 2.74. The van der Waals surface area contributed by atoms with Gasteiger partial charge in [-0.15, -0.1) is 0 Å². The van der Waals surface area contributed by atoms with E-state index < -0.39 is 5.60 Å². The summed E-state index contributed by atoms with van der Waals surface area (Å²) >= 11 is 0. The van der Waals surface area contributed by atoms with E-state index in [1.807, 2.05) is 30.3 Å². The smallest absolute Gasteiger partial charge is 0.270 e. The molecule has 24 heavy (non-hydrogen) atoms. The maximum absolute atomic E-state index is 12.4. The Labute approximate surface area is 141 Å². The second-order valence-corrected chi connectivity index (χ2v) is 6.35. The maximum atomic E-state index is 12.4. The van der Waals surface area contributed by atoms with Crippen molar-refractivity contribution in [2.24, 2.45) is 0 Å². The van der Waals surface area contributed by atoms with E-state index in [0.717, 1.165) is 5.56 Å². The summed E-state index contributed by atoms with van der Waals surface area (Å²) < 4.78 is 11.9. The van der Waals surface area contributed by atoms with Crippen molar-refractivity contribution in [3.05, 3.63) is 53.6 Å². The number of ether oxygens (including phenoxy) is 2. The van der Waals surface area contributed by atoms with E-state index in [1.54, 1.807) is 37.9 Å². The number of fused-ring (bicyclic) bond motifs is 1. The minimum absolute atomic E-state index is 0.138. The number of hydrogen-bond donors (Lipinski definition) is 1. The van der Waals surface area contributed by atoms with Crippen molar-refractivity contribution in [3.63, 3.8) is 0 Å². The van der Waals surface area contributed by atoms with Gasteiger partial charge in [0.05, 0.1) is 12.3 Å². The van der Waals surface area contributed by atoms with Gasteiger partial charge in [-0.05, 0) is 37.1 Å². The molecule has 0 fully saturated rings. The third-order valence-electron chi connectivity index (χ3n) is 4.05. The summed E-state index contributed by atoms with van der Waals surface area (Å²) in [6.07, 6.45) is 0. The Balaban J connectivity index is 1.98. The molecule has 0 radical (unpaired) electrons. The fraction of sp³-hybridized carbons (Fsp3) is 0.316. The van der Waals surface area contributed by atoms with Gasteiger partial charge >= 0.3 is 0 Å². The van der Waals surface area contributed by atoms with Crippen LogP contribution in [0.4, 0.5) is 5.69 Å². The lowest BCUT2D eigenvalue weighted by atomic mass is 10.0. The number of amides is 1. The number of benzene rings is 2. The van der Waals surface area contributed by atoms with Crippen molar-refractivity contribution in [2.75, 3.05) is 11.9 Å². The Morgan fingerprint density at radius 3 is 2.54 bits per heavy atom. The number of likely N-dealkylation sites (N-methyl/N-ethyl adjacent to an activating group) is 1. The first-order chi connectivity index (χ1) is 11.4. The molecule has 2 aromatic rings. The van der Waals surface area contributed by atoms with E-state index in [1.165, 1.54) is 0 Å². The summed E-state index contributed by atoms with van der Waals surface area (Å²) in [7, 11) is 1.70. The van der Waals surface area contributed by atoms with Crippen LogP contribution in [0.2, 0.25) is 0 Å². The monoisotopic (exact) mass is 327 g/mol. The molecule has 2 aromatic carbocycles. The molecule has 5 nitrogen and oxygen atoms in total. The van der Waals surface area contributed by atoms with Gasteiger partial charge < -0.3 is 19.5 Å². The Hall–Kier alpha value is -2.53. The van der Waals surface area contributed by atoms with Gasteiger partial charge in [-0.3, -0.25) is 4.79 Å². The van der Waals surface area contributed by atoms with E-state index in [9.17, 15) is 9.90 Å². The van der Waals surface area contributed by atoms with Crippen molar-refractivity contribution >= 4 is 11.6 Å². The molecule has 3 rings (SSSR count). The van der Waals surface area contributed by atoms with E-state index in [0.29, 0.717) is 29.4 Å². The largest absolute Gasteiger partial charge is 0.485 e. The van der Waals surface area contributed by atoms with Crippen molar-refractivity contribution in [2.45, 2.75) is 32.7 Å². The number of aliphatic hydroxyl groups excluding tert-OH is 1. The predicted molar refractivity (Wildman–Crippen MR) is 91.3 cm³/mol. The number of carbonyl (C=O) groups excluding carboxylic acids is 1. The zero-order valence-corrected chi connectivity index (χ0v) is 14.1. The van der Waals surface area contributed by atoms with E-state index in [2.05, 4.69) is 0 Å². The lowest BCUT2D eigenvalue weighted by Gasteiger charge is -2.37. The van der Waals surface area contributed by atoms with E-state index in [4.69, 9.17) is 9.47 Å². The van der Waals surface area contributed by atoms with Crippen molar-refractivity contribution in [1.29, 1.82) is 0 Å². The van der Waals surface area contributed by atoms with Crippen LogP contribution in [0.25, 0.3) is 0 Å². The molecule has 1 heterocycles. The van der Waals surface area contributed by atoms with Crippen molar-refractivity contribution < 1.29 is 19.4 Å². The fourth-order valence-electron chi connectivity index (χ4n) is 2.74. The normalized spacial score (nSPS) is 15.7. The number of anilines is 1. The highest BCUT2D eigenvalue weighted by Gasteiger charge is 2.40. The summed E-state index contributed by atoms with van der Waals surface area (Å²) in [4.78, 5) is 13.9. The molecule has 1 aliphatic heterocycles. The van der Waals surface area contributed by atoms with Gasteiger partial charge in [0.1, 0.15) is 6.61 Å². The summed E-state index contributed by atoms with van der Waals surface area (Å²) in [6.45, 7) is 3.70. The van der Waals surface area contributed by atoms with Crippen LogP contribution in [-0.2, 0) is 18.0 Å². The minimum atomic E-state index is -0.965. The second kappa shape index (κ2) is 6.17. The highest BCUT2D eigenvalue weighted by molar-refractivity contribution is 6.02. The summed E-state index contributed by atoms with van der Waals surface area (Å²) in [5.41, 5.74) is 1.33. The number of carbonyl (C=O) groups is 1. The van der Waals surface area contributed by atoms with Gasteiger partial charge in [-0.1, -0.05) is 30.3 Å². The summed E-state index contributed by atoms with van der Waals surface area (Å²) in [6, 6.07) is 13.3. The van der Waals surface area contributed by atoms with E-state index >= 15 is 0 Å². The number of aliphatic hydroxyl groups is 1. The highest BCUT2D eigenvalue weighted by atomic mass is 16.5. The zero-order chi connectivity index (χ0) is 17.3. The van der Waals surface area contributed by atoms with E-state index in [-0.39, 0.29) is 12.5 Å². The zero-order valence-electron chi connectivity index (χ0n) is 14.1. The average Bonchev–Trinajstić information content (AvgIpc) is 2.59. The lowest BCUT2D eigenvalue weighted by molar-refractivity contribution is -0.132. The standard InChI is InChI=1S/C19H21NO4/c1-19(2)18(22)20(3)15-9-14(11-21)10-16(17(15)24-19)23-12-13-7-5-4-6-8-13/h4-10,21H,11-12H2,1-3H3. The first-order valence-corrected chi connectivity index (χ1v) is 7.84. The Kier molecular flexibility index (Phi) is 4.20. The van der Waals surface area contributed by atoms with Crippen LogP contribution in [0.5, 0.6) is 11.5 Å². The van der Waals surface area contributed by atoms with Crippen molar-refractivity contribution in [1.82, 2.24) is 0 Å². The minimum Gasteiger partial charge on any atom is -0.485 e. The van der Waals surface area contributed by atoms with Gasteiger partial charge in [0.2, 0.25) is 0 Å². The number of hydrogen-bond acceptors (Lipinski definition) is 4. The van der Waals surface area contributed by atoms with Crippen LogP contribution < -0.4 is 14.4 Å². The molecule has 1 aliphatic rings. The predicted octanol–water partition coefficient (Wildman–Crippen LogP) is 2.89. The molecule has 0 aliphatic carbocycles. The molecule has 0 saturated heterocycles.